The van der Waals surface area contributed by atoms with Gasteiger partial charge in [-0.15, -0.1) is 0 Å². The molecule has 0 saturated carbocycles. The first-order valence-electron chi connectivity index (χ1n) is 5.05. The molecule has 1 N–H and O–H groups in total. The number of rotatable bonds is 2. The highest BCUT2D eigenvalue weighted by molar-refractivity contribution is 7.92. The third-order valence-corrected chi connectivity index (χ3v) is 4.71. The van der Waals surface area contributed by atoms with Gasteiger partial charge in [-0.25, -0.2) is 8.42 Å². The van der Waals surface area contributed by atoms with Crippen molar-refractivity contribution in [1.29, 1.82) is 0 Å². The van der Waals surface area contributed by atoms with Gasteiger partial charge in [0.05, 0.1) is 11.3 Å². The molecule has 0 aliphatic carbocycles. The van der Waals surface area contributed by atoms with Crippen molar-refractivity contribution >= 4 is 21.7 Å². The molecule has 1 aliphatic rings. The predicted octanol–water partition coefficient (Wildman–Crippen LogP) is 0.184. The van der Waals surface area contributed by atoms with Crippen LogP contribution in [-0.4, -0.2) is 25.5 Å². The first kappa shape index (κ1) is 11.8. The van der Waals surface area contributed by atoms with Gasteiger partial charge in [-0.2, -0.15) is 0 Å². The Labute approximate surface area is 98.7 Å². The van der Waals surface area contributed by atoms with Gasteiger partial charge in [0, 0.05) is 0 Å². The number of sulfone groups is 1. The largest absolute Gasteiger partial charge is 0.295 e. The summed E-state index contributed by atoms with van der Waals surface area (Å²) in [6.45, 7) is 1.84. The molecule has 1 saturated heterocycles. The van der Waals surface area contributed by atoms with Gasteiger partial charge in [-0.1, -0.05) is 17.7 Å². The van der Waals surface area contributed by atoms with Crippen LogP contribution >= 0.6 is 0 Å². The minimum Gasteiger partial charge on any atom is -0.295 e. The molecule has 2 amide bonds. The molecule has 1 aliphatic heterocycles. The highest BCUT2D eigenvalue weighted by atomic mass is 32.2. The third-order valence-electron chi connectivity index (χ3n) is 2.65. The van der Waals surface area contributed by atoms with E-state index in [4.69, 9.17) is 0 Å². The lowest BCUT2D eigenvalue weighted by atomic mass is 10.2. The van der Waals surface area contributed by atoms with E-state index in [0.29, 0.717) is 0 Å². The van der Waals surface area contributed by atoms with Crippen molar-refractivity contribution in [2.75, 3.05) is 0 Å². The lowest BCUT2D eigenvalue weighted by molar-refractivity contribution is -0.124. The van der Waals surface area contributed by atoms with Gasteiger partial charge in [0.2, 0.25) is 11.8 Å². The fourth-order valence-corrected chi connectivity index (χ4v) is 3.23. The van der Waals surface area contributed by atoms with Crippen LogP contribution in [0.1, 0.15) is 12.0 Å². The zero-order valence-electron chi connectivity index (χ0n) is 9.14. The van der Waals surface area contributed by atoms with Gasteiger partial charge in [0.25, 0.3) is 0 Å². The van der Waals surface area contributed by atoms with Crippen LogP contribution in [0, 0.1) is 6.92 Å². The average molecular weight is 253 g/mol. The van der Waals surface area contributed by atoms with E-state index in [1.54, 1.807) is 12.1 Å². The van der Waals surface area contributed by atoms with Gasteiger partial charge in [0.15, 0.2) is 15.1 Å². The number of hydrogen-bond donors (Lipinski definition) is 1. The van der Waals surface area contributed by atoms with Crippen LogP contribution < -0.4 is 5.32 Å². The maximum Gasteiger partial charge on any atom is 0.245 e. The summed E-state index contributed by atoms with van der Waals surface area (Å²) in [5.74, 6) is -1.29. The van der Waals surface area contributed by atoms with E-state index in [1.165, 1.54) is 12.1 Å². The standard InChI is InChI=1S/C11H11NO4S/c1-7-2-4-8(5-3-7)17(15,16)9-6-10(13)12-11(9)14/h2-5,9H,6H2,1H3,(H,12,13,14). The topological polar surface area (TPSA) is 80.3 Å². The van der Waals surface area contributed by atoms with E-state index in [9.17, 15) is 18.0 Å². The quantitative estimate of drug-likeness (QED) is 0.763. The average Bonchev–Trinajstić information content (AvgIpc) is 2.59. The second-order valence-electron chi connectivity index (χ2n) is 3.96. The second-order valence-corrected chi connectivity index (χ2v) is 6.09. The molecule has 1 fully saturated rings. The minimum atomic E-state index is -3.77. The fourth-order valence-electron chi connectivity index (χ4n) is 1.67. The third kappa shape index (κ3) is 2.08. The summed E-state index contributed by atoms with van der Waals surface area (Å²) in [5, 5.41) is 0.703. The van der Waals surface area contributed by atoms with Crippen LogP contribution in [-0.2, 0) is 19.4 Å². The maximum atomic E-state index is 12.1. The molecule has 1 aromatic carbocycles. The van der Waals surface area contributed by atoms with E-state index in [0.717, 1.165) is 5.56 Å². The number of aryl methyl sites for hydroxylation is 1. The van der Waals surface area contributed by atoms with E-state index in [-0.39, 0.29) is 11.3 Å². The van der Waals surface area contributed by atoms with Crippen LogP contribution in [0.4, 0.5) is 0 Å². The zero-order chi connectivity index (χ0) is 12.6. The lowest BCUT2D eigenvalue weighted by Crippen LogP contribution is -2.30. The maximum absolute atomic E-state index is 12.1. The molecule has 90 valence electrons. The van der Waals surface area contributed by atoms with Gasteiger partial charge in [0.1, 0.15) is 0 Å². The summed E-state index contributed by atoms with van der Waals surface area (Å²) < 4.78 is 24.2. The molecule has 1 heterocycles. The molecule has 6 heteroatoms. The highest BCUT2D eigenvalue weighted by Gasteiger charge is 2.41. The summed E-state index contributed by atoms with van der Waals surface area (Å²) in [4.78, 5) is 22.4. The number of carbonyl (C=O) groups is 2. The summed E-state index contributed by atoms with van der Waals surface area (Å²) in [7, 11) is -3.77. The normalized spacial score (nSPS) is 20.4. The van der Waals surface area contributed by atoms with Crippen molar-refractivity contribution in [3.05, 3.63) is 29.8 Å². The SMILES string of the molecule is Cc1ccc(S(=O)(=O)C2CC(=O)NC2=O)cc1. The number of hydrogen-bond acceptors (Lipinski definition) is 4. The molecule has 1 aromatic rings. The number of amides is 2. The Balaban J connectivity index is 2.40. The van der Waals surface area contributed by atoms with Crippen LogP contribution in [0.3, 0.4) is 0 Å². The number of nitrogens with one attached hydrogen (secondary N) is 1. The molecule has 17 heavy (non-hydrogen) atoms. The first-order valence-corrected chi connectivity index (χ1v) is 6.60. The van der Waals surface area contributed by atoms with E-state index in [2.05, 4.69) is 0 Å². The molecular formula is C11H11NO4S. The molecule has 0 bridgehead atoms. The van der Waals surface area contributed by atoms with E-state index >= 15 is 0 Å². The number of imide groups is 1. The van der Waals surface area contributed by atoms with Crippen LogP contribution in [0.5, 0.6) is 0 Å². The molecular weight excluding hydrogens is 242 g/mol. The van der Waals surface area contributed by atoms with Crippen molar-refractivity contribution in [1.82, 2.24) is 5.32 Å². The molecule has 0 aromatic heterocycles. The Morgan fingerprint density at radius 1 is 1.18 bits per heavy atom. The number of benzene rings is 1. The summed E-state index contributed by atoms with van der Waals surface area (Å²) in [6.07, 6.45) is -0.297. The smallest absolute Gasteiger partial charge is 0.245 e. The Hall–Kier alpha value is -1.69. The highest BCUT2D eigenvalue weighted by Crippen LogP contribution is 2.21. The second kappa shape index (κ2) is 3.96. The lowest BCUT2D eigenvalue weighted by Gasteiger charge is -2.08. The van der Waals surface area contributed by atoms with Crippen molar-refractivity contribution < 1.29 is 18.0 Å². The Morgan fingerprint density at radius 2 is 1.76 bits per heavy atom. The van der Waals surface area contributed by atoms with Crippen molar-refractivity contribution in [2.24, 2.45) is 0 Å². The molecule has 0 spiro atoms. The van der Waals surface area contributed by atoms with Crippen LogP contribution in [0.15, 0.2) is 29.2 Å². The van der Waals surface area contributed by atoms with Gasteiger partial charge in [-0.05, 0) is 19.1 Å². The van der Waals surface area contributed by atoms with Crippen molar-refractivity contribution in [3.8, 4) is 0 Å². The first-order chi connectivity index (χ1) is 7.91. The molecule has 2 rings (SSSR count). The molecule has 1 unspecified atom stereocenters. The predicted molar refractivity (Wildman–Crippen MR) is 59.9 cm³/mol. The van der Waals surface area contributed by atoms with Crippen LogP contribution in [0.25, 0.3) is 0 Å². The molecule has 5 nitrogen and oxygen atoms in total. The van der Waals surface area contributed by atoms with Gasteiger partial charge < -0.3 is 0 Å². The monoisotopic (exact) mass is 253 g/mol. The Morgan fingerprint density at radius 3 is 2.24 bits per heavy atom. The van der Waals surface area contributed by atoms with Gasteiger partial charge >= 0.3 is 0 Å². The van der Waals surface area contributed by atoms with Crippen molar-refractivity contribution in [3.63, 3.8) is 0 Å². The van der Waals surface area contributed by atoms with Gasteiger partial charge in [-0.3, -0.25) is 14.9 Å². The van der Waals surface area contributed by atoms with E-state index < -0.39 is 26.9 Å². The minimum absolute atomic E-state index is 0.0675. The Bertz CT molecular complexity index is 574. The molecule has 1 atom stereocenters. The Kier molecular flexibility index (Phi) is 2.74. The summed E-state index contributed by atoms with van der Waals surface area (Å²) in [5.41, 5.74) is 0.927. The van der Waals surface area contributed by atoms with Crippen molar-refractivity contribution in [2.45, 2.75) is 23.5 Å². The zero-order valence-corrected chi connectivity index (χ0v) is 9.95. The number of carbonyl (C=O) groups excluding carboxylic acids is 2. The molecule has 0 radical (unpaired) electrons. The summed E-state index contributed by atoms with van der Waals surface area (Å²) in [6, 6.07) is 6.20. The summed E-state index contributed by atoms with van der Waals surface area (Å²) >= 11 is 0. The van der Waals surface area contributed by atoms with Crippen LogP contribution in [0.2, 0.25) is 0 Å². The fraction of sp³-hybridized carbons (Fsp3) is 0.273. The van der Waals surface area contributed by atoms with E-state index in [1.807, 2.05) is 12.2 Å².